The molecule has 0 aliphatic rings. The predicted octanol–water partition coefficient (Wildman–Crippen LogP) is 2.78. The van der Waals surface area contributed by atoms with Gasteiger partial charge in [0.15, 0.2) is 0 Å². The second kappa shape index (κ2) is 8.10. The summed E-state index contributed by atoms with van der Waals surface area (Å²) in [5, 5.41) is 6.06. The molecule has 0 aliphatic heterocycles. The van der Waals surface area contributed by atoms with Gasteiger partial charge in [0.2, 0.25) is 5.91 Å². The summed E-state index contributed by atoms with van der Waals surface area (Å²) < 4.78 is 0. The van der Waals surface area contributed by atoms with Gasteiger partial charge in [0.05, 0.1) is 11.3 Å². The standard InChI is InChI=1S/C18H22N4O2/c1-12(2)8-17(23)22-14-5-3-4-13(9-14)10-21-16-6-7-20-11-15(16)18(19)24/h3-7,9,11-12H,8,10H2,1-2H3,(H2,19,24)(H,20,21)(H,22,23). The van der Waals surface area contributed by atoms with Crippen molar-refractivity contribution >= 4 is 23.2 Å². The highest BCUT2D eigenvalue weighted by atomic mass is 16.1. The zero-order valence-electron chi connectivity index (χ0n) is 13.9. The summed E-state index contributed by atoms with van der Waals surface area (Å²) in [6.45, 7) is 4.51. The molecule has 0 aliphatic carbocycles. The third-order valence-electron chi connectivity index (χ3n) is 3.37. The lowest BCUT2D eigenvalue weighted by Crippen LogP contribution is -2.15. The number of nitrogens with one attached hydrogen (secondary N) is 2. The van der Waals surface area contributed by atoms with Crippen molar-refractivity contribution in [3.05, 3.63) is 53.9 Å². The largest absolute Gasteiger partial charge is 0.380 e. The van der Waals surface area contributed by atoms with E-state index >= 15 is 0 Å². The van der Waals surface area contributed by atoms with E-state index in [1.54, 1.807) is 12.3 Å². The van der Waals surface area contributed by atoms with Crippen LogP contribution in [-0.4, -0.2) is 16.8 Å². The lowest BCUT2D eigenvalue weighted by Gasteiger charge is -2.11. The van der Waals surface area contributed by atoms with Crippen LogP contribution in [0.15, 0.2) is 42.7 Å². The third-order valence-corrected chi connectivity index (χ3v) is 3.37. The number of carbonyl (C=O) groups excluding carboxylic acids is 2. The second-order valence-corrected chi connectivity index (χ2v) is 5.99. The number of carbonyl (C=O) groups is 2. The van der Waals surface area contributed by atoms with Crippen molar-refractivity contribution in [3.8, 4) is 0 Å². The summed E-state index contributed by atoms with van der Waals surface area (Å²) in [4.78, 5) is 27.1. The fourth-order valence-corrected chi connectivity index (χ4v) is 2.28. The monoisotopic (exact) mass is 326 g/mol. The maximum absolute atomic E-state index is 11.8. The molecule has 0 unspecified atom stereocenters. The summed E-state index contributed by atoms with van der Waals surface area (Å²) in [6, 6.07) is 9.27. The molecule has 24 heavy (non-hydrogen) atoms. The summed E-state index contributed by atoms with van der Waals surface area (Å²) in [7, 11) is 0. The van der Waals surface area contributed by atoms with Gasteiger partial charge < -0.3 is 16.4 Å². The van der Waals surface area contributed by atoms with E-state index in [9.17, 15) is 9.59 Å². The molecule has 0 fully saturated rings. The molecule has 0 radical (unpaired) electrons. The van der Waals surface area contributed by atoms with Gasteiger partial charge in [0.1, 0.15) is 0 Å². The molecule has 4 N–H and O–H groups in total. The number of primary amides is 1. The molecule has 0 bridgehead atoms. The third kappa shape index (κ3) is 5.08. The van der Waals surface area contributed by atoms with E-state index in [1.165, 1.54) is 6.20 Å². The molecule has 0 saturated carbocycles. The Hall–Kier alpha value is -2.89. The Balaban J connectivity index is 2.03. The predicted molar refractivity (Wildman–Crippen MR) is 94.6 cm³/mol. The minimum Gasteiger partial charge on any atom is -0.380 e. The van der Waals surface area contributed by atoms with Crippen molar-refractivity contribution in [2.45, 2.75) is 26.8 Å². The lowest BCUT2D eigenvalue weighted by atomic mass is 10.1. The van der Waals surface area contributed by atoms with Crippen molar-refractivity contribution < 1.29 is 9.59 Å². The van der Waals surface area contributed by atoms with Gasteiger partial charge in [0, 0.05) is 31.0 Å². The summed E-state index contributed by atoms with van der Waals surface area (Å²) in [6.07, 6.45) is 3.52. The molecular weight excluding hydrogens is 304 g/mol. The first-order valence-electron chi connectivity index (χ1n) is 7.82. The van der Waals surface area contributed by atoms with Gasteiger partial charge in [-0.15, -0.1) is 0 Å². The number of amides is 2. The van der Waals surface area contributed by atoms with Crippen LogP contribution in [0, 0.1) is 5.92 Å². The van der Waals surface area contributed by atoms with E-state index in [0.29, 0.717) is 30.1 Å². The molecule has 6 nitrogen and oxygen atoms in total. The fourth-order valence-electron chi connectivity index (χ4n) is 2.28. The van der Waals surface area contributed by atoms with E-state index in [2.05, 4.69) is 15.6 Å². The van der Waals surface area contributed by atoms with Gasteiger partial charge in [-0.1, -0.05) is 26.0 Å². The summed E-state index contributed by atoms with van der Waals surface area (Å²) in [5.74, 6) is -0.214. The molecule has 2 amide bonds. The molecule has 6 heteroatoms. The number of nitrogens with two attached hydrogens (primary N) is 1. The van der Waals surface area contributed by atoms with Gasteiger partial charge in [-0.05, 0) is 29.7 Å². The first-order valence-corrected chi connectivity index (χ1v) is 7.82. The number of nitrogens with zero attached hydrogens (tertiary/aromatic N) is 1. The SMILES string of the molecule is CC(C)CC(=O)Nc1cccc(CNc2ccncc2C(N)=O)c1. The molecule has 1 aromatic heterocycles. The van der Waals surface area contributed by atoms with E-state index in [0.717, 1.165) is 11.3 Å². The van der Waals surface area contributed by atoms with E-state index in [4.69, 9.17) is 5.73 Å². The van der Waals surface area contributed by atoms with Crippen LogP contribution in [0.4, 0.5) is 11.4 Å². The number of hydrogen-bond acceptors (Lipinski definition) is 4. The van der Waals surface area contributed by atoms with Crippen molar-refractivity contribution in [2.75, 3.05) is 10.6 Å². The average molecular weight is 326 g/mol. The Morgan fingerprint density at radius 2 is 2.04 bits per heavy atom. The van der Waals surface area contributed by atoms with Crippen molar-refractivity contribution in [1.82, 2.24) is 4.98 Å². The van der Waals surface area contributed by atoms with Crippen molar-refractivity contribution in [1.29, 1.82) is 0 Å². The van der Waals surface area contributed by atoms with Gasteiger partial charge in [-0.2, -0.15) is 0 Å². The number of aromatic nitrogens is 1. The van der Waals surface area contributed by atoms with Crippen LogP contribution in [0.1, 0.15) is 36.2 Å². The number of pyridine rings is 1. The molecule has 0 atom stereocenters. The van der Waals surface area contributed by atoms with Crippen LogP contribution in [0.5, 0.6) is 0 Å². The molecule has 2 aromatic rings. The number of hydrogen-bond donors (Lipinski definition) is 3. The topological polar surface area (TPSA) is 97.1 Å². The average Bonchev–Trinajstić information content (AvgIpc) is 2.52. The highest BCUT2D eigenvalue weighted by molar-refractivity contribution is 5.98. The Kier molecular flexibility index (Phi) is 5.89. The van der Waals surface area contributed by atoms with Crippen LogP contribution in [-0.2, 0) is 11.3 Å². The van der Waals surface area contributed by atoms with Gasteiger partial charge in [-0.25, -0.2) is 0 Å². The van der Waals surface area contributed by atoms with Crippen LogP contribution in [0.3, 0.4) is 0 Å². The Labute approximate surface area is 141 Å². The van der Waals surface area contributed by atoms with Crippen molar-refractivity contribution in [2.24, 2.45) is 11.7 Å². The highest BCUT2D eigenvalue weighted by Gasteiger charge is 2.08. The molecular formula is C18H22N4O2. The van der Waals surface area contributed by atoms with Crippen LogP contribution in [0.2, 0.25) is 0 Å². The number of rotatable bonds is 7. The zero-order valence-corrected chi connectivity index (χ0v) is 13.9. The van der Waals surface area contributed by atoms with E-state index < -0.39 is 5.91 Å². The van der Waals surface area contributed by atoms with Crippen LogP contribution >= 0.6 is 0 Å². The quantitative estimate of drug-likeness (QED) is 0.729. The van der Waals surface area contributed by atoms with Crippen LogP contribution < -0.4 is 16.4 Å². The summed E-state index contributed by atoms with van der Waals surface area (Å²) in [5.41, 5.74) is 8.04. The molecule has 0 saturated heterocycles. The first-order chi connectivity index (χ1) is 11.5. The van der Waals surface area contributed by atoms with Crippen LogP contribution in [0.25, 0.3) is 0 Å². The molecule has 0 spiro atoms. The van der Waals surface area contributed by atoms with Crippen molar-refractivity contribution in [3.63, 3.8) is 0 Å². The maximum atomic E-state index is 11.8. The Morgan fingerprint density at radius 1 is 1.25 bits per heavy atom. The van der Waals surface area contributed by atoms with E-state index in [1.807, 2.05) is 38.1 Å². The van der Waals surface area contributed by atoms with E-state index in [-0.39, 0.29) is 5.91 Å². The Bertz CT molecular complexity index is 728. The minimum atomic E-state index is -0.528. The number of benzene rings is 1. The normalized spacial score (nSPS) is 10.5. The Morgan fingerprint density at radius 3 is 2.75 bits per heavy atom. The smallest absolute Gasteiger partial charge is 0.252 e. The van der Waals surface area contributed by atoms with Gasteiger partial charge >= 0.3 is 0 Å². The molecule has 1 heterocycles. The molecule has 1 aromatic carbocycles. The first kappa shape index (κ1) is 17.5. The van der Waals surface area contributed by atoms with Gasteiger partial charge in [-0.3, -0.25) is 14.6 Å². The molecule has 126 valence electrons. The fraction of sp³-hybridized carbons (Fsp3) is 0.278. The molecule has 2 rings (SSSR count). The van der Waals surface area contributed by atoms with Gasteiger partial charge in [0.25, 0.3) is 5.91 Å². The number of anilines is 2. The second-order valence-electron chi connectivity index (χ2n) is 5.99. The lowest BCUT2D eigenvalue weighted by molar-refractivity contribution is -0.116. The zero-order chi connectivity index (χ0) is 17.5. The summed E-state index contributed by atoms with van der Waals surface area (Å²) >= 11 is 0. The maximum Gasteiger partial charge on any atom is 0.252 e. The minimum absolute atomic E-state index is 0.000239. The highest BCUT2D eigenvalue weighted by Crippen LogP contribution is 2.16.